The van der Waals surface area contributed by atoms with Crippen LogP contribution in [0.2, 0.25) is 0 Å². The number of hydrogen-bond acceptors (Lipinski definition) is 2. The third-order valence-electron chi connectivity index (χ3n) is 1.42. The molecule has 1 unspecified atom stereocenters. The van der Waals surface area contributed by atoms with Crippen LogP contribution in [0, 0.1) is 0 Å². The first-order chi connectivity index (χ1) is 6.16. The number of nitrogens with zero attached hydrogens (tertiary/aromatic N) is 1. The van der Waals surface area contributed by atoms with Gasteiger partial charge in [-0.2, -0.15) is 13.2 Å². The molecule has 7 heteroatoms. The zero-order valence-corrected chi connectivity index (χ0v) is 7.97. The van der Waals surface area contributed by atoms with Crippen LogP contribution in [0.5, 0.6) is 0 Å². The van der Waals surface area contributed by atoms with Crippen molar-refractivity contribution < 1.29 is 22.8 Å². The van der Waals surface area contributed by atoms with Gasteiger partial charge in [0.1, 0.15) is 6.04 Å². The maximum Gasteiger partial charge on any atom is 0.471 e. The van der Waals surface area contributed by atoms with Crippen LogP contribution in [-0.4, -0.2) is 43.0 Å². The van der Waals surface area contributed by atoms with Crippen molar-refractivity contribution in [1.82, 2.24) is 10.2 Å². The molecule has 0 radical (unpaired) electrons. The number of hydrogen-bond donors (Lipinski definition) is 1. The Balaban J connectivity index is 4.27. The standard InChI is InChI=1S/C7H11F3N2O2/c1-4(5(13)12(2)3)11-6(14)7(8,9)10/h4H,1-3H3,(H,11,14). The van der Waals surface area contributed by atoms with Gasteiger partial charge < -0.3 is 10.2 Å². The summed E-state index contributed by atoms with van der Waals surface area (Å²) < 4.78 is 35.2. The van der Waals surface area contributed by atoms with Gasteiger partial charge in [-0.25, -0.2) is 0 Å². The van der Waals surface area contributed by atoms with Crippen molar-refractivity contribution in [2.45, 2.75) is 19.1 Å². The summed E-state index contributed by atoms with van der Waals surface area (Å²) in [5, 5.41) is 1.55. The molecule has 0 saturated carbocycles. The smallest absolute Gasteiger partial charge is 0.347 e. The monoisotopic (exact) mass is 212 g/mol. The van der Waals surface area contributed by atoms with Crippen LogP contribution >= 0.6 is 0 Å². The lowest BCUT2D eigenvalue weighted by Gasteiger charge is -2.18. The minimum absolute atomic E-state index is 0.595. The van der Waals surface area contributed by atoms with Crippen LogP contribution in [0.4, 0.5) is 13.2 Å². The number of likely N-dealkylation sites (N-methyl/N-ethyl adjacent to an activating group) is 1. The molecule has 14 heavy (non-hydrogen) atoms. The van der Waals surface area contributed by atoms with Crippen molar-refractivity contribution >= 4 is 11.8 Å². The SMILES string of the molecule is CC(NC(=O)C(F)(F)F)C(=O)N(C)C. The largest absolute Gasteiger partial charge is 0.471 e. The van der Waals surface area contributed by atoms with E-state index in [1.165, 1.54) is 21.0 Å². The highest BCUT2D eigenvalue weighted by atomic mass is 19.4. The molecule has 0 saturated heterocycles. The third-order valence-corrected chi connectivity index (χ3v) is 1.42. The number of carbonyl (C=O) groups excluding carboxylic acids is 2. The maximum atomic E-state index is 11.7. The van der Waals surface area contributed by atoms with E-state index in [4.69, 9.17) is 0 Å². The second kappa shape index (κ2) is 4.30. The van der Waals surface area contributed by atoms with E-state index in [9.17, 15) is 22.8 Å². The summed E-state index contributed by atoms with van der Waals surface area (Å²) in [5.41, 5.74) is 0. The zero-order chi connectivity index (χ0) is 11.5. The third kappa shape index (κ3) is 3.63. The van der Waals surface area contributed by atoms with Gasteiger partial charge in [0.25, 0.3) is 0 Å². The molecule has 0 heterocycles. The lowest BCUT2D eigenvalue weighted by molar-refractivity contribution is -0.174. The quantitative estimate of drug-likeness (QED) is 0.707. The lowest BCUT2D eigenvalue weighted by Crippen LogP contribution is -2.48. The van der Waals surface area contributed by atoms with Crippen molar-refractivity contribution in [2.24, 2.45) is 0 Å². The van der Waals surface area contributed by atoms with E-state index in [1.54, 1.807) is 5.32 Å². The van der Waals surface area contributed by atoms with Gasteiger partial charge in [0.05, 0.1) is 0 Å². The van der Waals surface area contributed by atoms with E-state index in [-0.39, 0.29) is 0 Å². The van der Waals surface area contributed by atoms with Gasteiger partial charge in [0, 0.05) is 14.1 Å². The molecule has 0 spiro atoms. The van der Waals surface area contributed by atoms with Crippen LogP contribution in [0.1, 0.15) is 6.92 Å². The highest BCUT2D eigenvalue weighted by molar-refractivity contribution is 5.89. The first kappa shape index (κ1) is 12.7. The normalized spacial score (nSPS) is 13.3. The summed E-state index contributed by atoms with van der Waals surface area (Å²) in [6.45, 7) is 1.19. The summed E-state index contributed by atoms with van der Waals surface area (Å²) in [6, 6.07) is -1.18. The maximum absolute atomic E-state index is 11.7. The highest BCUT2D eigenvalue weighted by Gasteiger charge is 2.40. The first-order valence-corrected chi connectivity index (χ1v) is 3.75. The number of rotatable bonds is 2. The molecule has 0 fully saturated rings. The van der Waals surface area contributed by atoms with Gasteiger partial charge in [-0.1, -0.05) is 0 Å². The number of carbonyl (C=O) groups is 2. The molecule has 2 amide bonds. The Labute approximate surface area is 79.1 Å². The Bertz CT molecular complexity index is 238. The fourth-order valence-electron chi connectivity index (χ4n) is 0.728. The van der Waals surface area contributed by atoms with E-state index in [0.29, 0.717) is 0 Å². The molecular formula is C7H11F3N2O2. The minimum atomic E-state index is -4.96. The highest BCUT2D eigenvalue weighted by Crippen LogP contribution is 2.14. The van der Waals surface area contributed by atoms with Crippen molar-refractivity contribution in [3.8, 4) is 0 Å². The molecule has 0 rings (SSSR count). The molecule has 0 aliphatic rings. The predicted molar refractivity (Wildman–Crippen MR) is 42.4 cm³/mol. The summed E-state index contributed by atoms with van der Waals surface area (Å²) >= 11 is 0. The van der Waals surface area contributed by atoms with E-state index in [2.05, 4.69) is 0 Å². The zero-order valence-electron chi connectivity index (χ0n) is 7.97. The number of halogens is 3. The average molecular weight is 212 g/mol. The molecule has 0 aromatic heterocycles. The van der Waals surface area contributed by atoms with Crippen LogP contribution in [0.15, 0.2) is 0 Å². The molecule has 0 aliphatic carbocycles. The molecule has 1 atom stereocenters. The van der Waals surface area contributed by atoms with Gasteiger partial charge in [-0.3, -0.25) is 9.59 Å². The van der Waals surface area contributed by atoms with Crippen molar-refractivity contribution in [1.29, 1.82) is 0 Å². The molecule has 0 bridgehead atoms. The Hall–Kier alpha value is -1.27. The van der Waals surface area contributed by atoms with Crippen molar-refractivity contribution in [3.05, 3.63) is 0 Å². The molecular weight excluding hydrogens is 201 g/mol. The summed E-state index contributed by atoms with van der Waals surface area (Å²) in [6.07, 6.45) is -4.96. The first-order valence-electron chi connectivity index (χ1n) is 3.75. The fraction of sp³-hybridized carbons (Fsp3) is 0.714. The van der Waals surface area contributed by atoms with Crippen LogP contribution in [-0.2, 0) is 9.59 Å². The van der Waals surface area contributed by atoms with Gasteiger partial charge in [-0.15, -0.1) is 0 Å². The Kier molecular flexibility index (Phi) is 3.91. The molecule has 0 aromatic rings. The van der Waals surface area contributed by atoms with Gasteiger partial charge in [0.2, 0.25) is 5.91 Å². The minimum Gasteiger partial charge on any atom is -0.347 e. The topological polar surface area (TPSA) is 49.4 Å². The Morgan fingerprint density at radius 2 is 1.71 bits per heavy atom. The van der Waals surface area contributed by atoms with E-state index in [0.717, 1.165) is 4.90 Å². The summed E-state index contributed by atoms with van der Waals surface area (Å²) in [7, 11) is 2.77. The number of nitrogens with one attached hydrogen (secondary N) is 1. The second-order valence-electron chi connectivity index (χ2n) is 2.93. The van der Waals surface area contributed by atoms with Crippen LogP contribution in [0.25, 0.3) is 0 Å². The van der Waals surface area contributed by atoms with Gasteiger partial charge >= 0.3 is 12.1 Å². The van der Waals surface area contributed by atoms with E-state index in [1.807, 2.05) is 0 Å². The average Bonchev–Trinajstić information content (AvgIpc) is 2.00. The fourth-order valence-corrected chi connectivity index (χ4v) is 0.728. The van der Waals surface area contributed by atoms with Crippen molar-refractivity contribution in [3.63, 3.8) is 0 Å². The molecule has 1 N–H and O–H groups in total. The Morgan fingerprint density at radius 3 is 2.00 bits per heavy atom. The van der Waals surface area contributed by atoms with Crippen LogP contribution in [0.3, 0.4) is 0 Å². The van der Waals surface area contributed by atoms with E-state index < -0.39 is 24.0 Å². The number of amides is 2. The predicted octanol–water partition coefficient (Wildman–Crippen LogP) is 0.142. The molecule has 4 nitrogen and oxygen atoms in total. The number of alkyl halides is 3. The molecule has 0 aliphatic heterocycles. The van der Waals surface area contributed by atoms with Gasteiger partial charge in [-0.05, 0) is 6.92 Å². The summed E-state index contributed by atoms with van der Waals surface area (Å²) in [4.78, 5) is 22.5. The van der Waals surface area contributed by atoms with Crippen molar-refractivity contribution in [2.75, 3.05) is 14.1 Å². The Morgan fingerprint density at radius 1 is 1.29 bits per heavy atom. The summed E-state index contributed by atoms with van der Waals surface area (Å²) in [5.74, 6) is -2.71. The van der Waals surface area contributed by atoms with Gasteiger partial charge in [0.15, 0.2) is 0 Å². The van der Waals surface area contributed by atoms with Crippen LogP contribution < -0.4 is 5.32 Å². The second-order valence-corrected chi connectivity index (χ2v) is 2.93. The lowest BCUT2D eigenvalue weighted by atomic mass is 10.3. The van der Waals surface area contributed by atoms with E-state index >= 15 is 0 Å². The molecule has 82 valence electrons. The molecule has 0 aromatic carbocycles.